The van der Waals surface area contributed by atoms with Crippen LogP contribution in [0.4, 0.5) is 0 Å². The van der Waals surface area contributed by atoms with Gasteiger partial charge in [-0.05, 0) is 18.2 Å². The third-order valence-electron chi connectivity index (χ3n) is 1.22. The molecule has 1 heterocycles. The summed E-state index contributed by atoms with van der Waals surface area (Å²) in [5.74, 6) is 0. The van der Waals surface area contributed by atoms with Crippen LogP contribution in [0.2, 0.25) is 0 Å². The van der Waals surface area contributed by atoms with Crippen molar-refractivity contribution in [2.75, 3.05) is 6.61 Å². The Balaban J connectivity index is 2.10. The average Bonchev–Trinajstić information content (AvgIpc) is 2.19. The number of thioether (sulfide) groups is 1. The van der Waals surface area contributed by atoms with E-state index in [1.165, 1.54) is 0 Å². The molecule has 1 aliphatic rings. The van der Waals surface area contributed by atoms with E-state index in [0.717, 1.165) is 12.8 Å². The first-order valence-electron chi connectivity index (χ1n) is 2.85. The summed E-state index contributed by atoms with van der Waals surface area (Å²) in [5, 5.41) is 11.3. The SMILES string of the molecule is OCCC1CC=CS1. The number of aliphatic hydroxyl groups is 1. The molecule has 0 saturated carbocycles. The lowest BCUT2D eigenvalue weighted by Crippen LogP contribution is -1.98. The third-order valence-corrected chi connectivity index (χ3v) is 2.38. The first-order chi connectivity index (χ1) is 3.93. The smallest absolute Gasteiger partial charge is 0.0441 e. The Labute approximate surface area is 53.8 Å². The van der Waals surface area contributed by atoms with E-state index in [9.17, 15) is 0 Å². The van der Waals surface area contributed by atoms with Gasteiger partial charge in [0.25, 0.3) is 0 Å². The van der Waals surface area contributed by atoms with Gasteiger partial charge in [0.15, 0.2) is 0 Å². The Hall–Kier alpha value is 0.0500. The number of rotatable bonds is 2. The van der Waals surface area contributed by atoms with E-state index < -0.39 is 0 Å². The van der Waals surface area contributed by atoms with Crippen LogP contribution in [0.5, 0.6) is 0 Å². The van der Waals surface area contributed by atoms with Crippen LogP contribution in [0.1, 0.15) is 12.8 Å². The Bertz CT molecular complexity index is 82.5. The summed E-state index contributed by atoms with van der Waals surface area (Å²) in [6.45, 7) is 0.333. The second-order valence-corrected chi connectivity index (χ2v) is 3.09. The highest BCUT2D eigenvalue weighted by Gasteiger charge is 2.08. The minimum Gasteiger partial charge on any atom is -0.396 e. The molecule has 1 unspecified atom stereocenters. The minimum atomic E-state index is 0.333. The molecule has 0 aliphatic carbocycles. The van der Waals surface area contributed by atoms with Crippen LogP contribution in [0, 0.1) is 0 Å². The summed E-state index contributed by atoms with van der Waals surface area (Å²) < 4.78 is 0. The Kier molecular flexibility index (Phi) is 2.43. The van der Waals surface area contributed by atoms with E-state index in [0.29, 0.717) is 11.9 Å². The van der Waals surface area contributed by atoms with Crippen LogP contribution in [0.3, 0.4) is 0 Å². The molecule has 0 saturated heterocycles. The first-order valence-corrected chi connectivity index (χ1v) is 3.79. The summed E-state index contributed by atoms with van der Waals surface area (Å²) in [6, 6.07) is 0. The molecule has 0 aromatic rings. The zero-order valence-electron chi connectivity index (χ0n) is 4.71. The number of aliphatic hydroxyl groups excluding tert-OH is 1. The van der Waals surface area contributed by atoms with Gasteiger partial charge in [0, 0.05) is 11.9 Å². The maximum Gasteiger partial charge on any atom is 0.0441 e. The molecular weight excluding hydrogens is 120 g/mol. The molecule has 0 radical (unpaired) electrons. The van der Waals surface area contributed by atoms with Gasteiger partial charge in [0.05, 0.1) is 0 Å². The second-order valence-electron chi connectivity index (χ2n) is 1.88. The van der Waals surface area contributed by atoms with Gasteiger partial charge in [-0.2, -0.15) is 0 Å². The predicted molar refractivity (Wildman–Crippen MR) is 36.8 cm³/mol. The molecule has 0 amide bonds. The highest BCUT2D eigenvalue weighted by atomic mass is 32.2. The van der Waals surface area contributed by atoms with Crippen molar-refractivity contribution in [1.82, 2.24) is 0 Å². The van der Waals surface area contributed by atoms with Crippen LogP contribution < -0.4 is 0 Å². The fraction of sp³-hybridized carbons (Fsp3) is 0.667. The molecule has 1 rings (SSSR count). The van der Waals surface area contributed by atoms with Crippen molar-refractivity contribution < 1.29 is 5.11 Å². The van der Waals surface area contributed by atoms with Crippen LogP contribution in [0.25, 0.3) is 0 Å². The topological polar surface area (TPSA) is 20.2 Å². The lowest BCUT2D eigenvalue weighted by molar-refractivity contribution is 0.287. The van der Waals surface area contributed by atoms with Crippen molar-refractivity contribution in [3.8, 4) is 0 Å². The second kappa shape index (κ2) is 3.15. The molecule has 0 spiro atoms. The van der Waals surface area contributed by atoms with Gasteiger partial charge in [-0.15, -0.1) is 11.8 Å². The normalized spacial score (nSPS) is 26.9. The molecule has 1 nitrogen and oxygen atoms in total. The summed E-state index contributed by atoms with van der Waals surface area (Å²) >= 11 is 1.83. The summed E-state index contributed by atoms with van der Waals surface area (Å²) in [5.41, 5.74) is 0. The Morgan fingerprint density at radius 3 is 3.12 bits per heavy atom. The standard InChI is InChI=1S/C6H10OS/c7-4-3-6-2-1-5-8-6/h1,5-7H,2-4H2. The summed E-state index contributed by atoms with van der Waals surface area (Å²) in [6.07, 6.45) is 4.24. The molecule has 0 aromatic heterocycles. The van der Waals surface area contributed by atoms with Crippen molar-refractivity contribution in [2.24, 2.45) is 0 Å². The maximum atomic E-state index is 8.49. The lowest BCUT2D eigenvalue weighted by atomic mass is 10.2. The fourth-order valence-corrected chi connectivity index (χ4v) is 1.67. The van der Waals surface area contributed by atoms with Gasteiger partial charge in [-0.3, -0.25) is 0 Å². The molecule has 8 heavy (non-hydrogen) atoms. The van der Waals surface area contributed by atoms with E-state index in [4.69, 9.17) is 5.11 Å². The van der Waals surface area contributed by atoms with Crippen LogP contribution in [-0.4, -0.2) is 17.0 Å². The molecule has 2 heteroatoms. The Morgan fingerprint density at radius 2 is 2.62 bits per heavy atom. The molecule has 0 aromatic carbocycles. The average molecular weight is 130 g/mol. The highest BCUT2D eigenvalue weighted by molar-refractivity contribution is 8.03. The van der Waals surface area contributed by atoms with Crippen LogP contribution in [0.15, 0.2) is 11.5 Å². The van der Waals surface area contributed by atoms with Gasteiger partial charge >= 0.3 is 0 Å². The van der Waals surface area contributed by atoms with Crippen molar-refractivity contribution >= 4 is 11.8 Å². The van der Waals surface area contributed by atoms with Gasteiger partial charge in [-0.1, -0.05) is 6.08 Å². The maximum absolute atomic E-state index is 8.49. The molecule has 1 N–H and O–H groups in total. The van der Waals surface area contributed by atoms with Crippen molar-refractivity contribution in [3.05, 3.63) is 11.5 Å². The Morgan fingerprint density at radius 1 is 1.75 bits per heavy atom. The fourth-order valence-electron chi connectivity index (χ4n) is 0.759. The molecule has 0 fully saturated rings. The molecule has 1 atom stereocenters. The van der Waals surface area contributed by atoms with E-state index in [-0.39, 0.29) is 0 Å². The largest absolute Gasteiger partial charge is 0.396 e. The van der Waals surface area contributed by atoms with Crippen LogP contribution in [-0.2, 0) is 0 Å². The predicted octanol–water partition coefficient (Wildman–Crippen LogP) is 1.39. The number of hydrogen-bond acceptors (Lipinski definition) is 2. The zero-order chi connectivity index (χ0) is 5.82. The summed E-state index contributed by atoms with van der Waals surface area (Å²) in [7, 11) is 0. The van der Waals surface area contributed by atoms with Crippen LogP contribution >= 0.6 is 11.8 Å². The lowest BCUT2D eigenvalue weighted by Gasteiger charge is -2.02. The van der Waals surface area contributed by atoms with Gasteiger partial charge in [0.2, 0.25) is 0 Å². The monoisotopic (exact) mass is 130 g/mol. The zero-order valence-corrected chi connectivity index (χ0v) is 5.53. The van der Waals surface area contributed by atoms with Gasteiger partial charge in [0.1, 0.15) is 0 Å². The number of hydrogen-bond donors (Lipinski definition) is 1. The van der Waals surface area contributed by atoms with Crippen molar-refractivity contribution in [3.63, 3.8) is 0 Å². The van der Waals surface area contributed by atoms with E-state index in [1.54, 1.807) is 0 Å². The van der Waals surface area contributed by atoms with Gasteiger partial charge < -0.3 is 5.11 Å². The van der Waals surface area contributed by atoms with Gasteiger partial charge in [-0.25, -0.2) is 0 Å². The van der Waals surface area contributed by atoms with Crippen molar-refractivity contribution in [1.29, 1.82) is 0 Å². The van der Waals surface area contributed by atoms with E-state index >= 15 is 0 Å². The van der Waals surface area contributed by atoms with E-state index in [1.807, 2.05) is 11.8 Å². The third kappa shape index (κ3) is 1.53. The van der Waals surface area contributed by atoms with E-state index in [2.05, 4.69) is 11.5 Å². The molecule has 0 bridgehead atoms. The minimum absolute atomic E-state index is 0.333. The number of allylic oxidation sites excluding steroid dienone is 1. The summed E-state index contributed by atoms with van der Waals surface area (Å²) in [4.78, 5) is 0. The molecule has 46 valence electrons. The first kappa shape index (κ1) is 6.17. The highest BCUT2D eigenvalue weighted by Crippen LogP contribution is 2.25. The van der Waals surface area contributed by atoms with Crippen molar-refractivity contribution in [2.45, 2.75) is 18.1 Å². The molecular formula is C6H10OS. The molecule has 1 aliphatic heterocycles. The quantitative estimate of drug-likeness (QED) is 0.609.